The lowest BCUT2D eigenvalue weighted by atomic mass is 9.62. The number of nitrogens with one attached hydrogen (secondary N) is 1. The molecule has 4 N–H and O–H groups in total. The molecule has 25 heavy (non-hydrogen) atoms. The Morgan fingerprint density at radius 2 is 2.04 bits per heavy atom. The zero-order valence-corrected chi connectivity index (χ0v) is 13.8. The molecule has 0 saturated carbocycles. The third kappa shape index (κ3) is 2.90. The summed E-state index contributed by atoms with van der Waals surface area (Å²) in [6, 6.07) is 4.63. The van der Waals surface area contributed by atoms with E-state index in [1.807, 2.05) is 0 Å². The summed E-state index contributed by atoms with van der Waals surface area (Å²) in [7, 11) is 0. The van der Waals surface area contributed by atoms with Crippen LogP contribution >= 0.6 is 0 Å². The van der Waals surface area contributed by atoms with Gasteiger partial charge in [0.25, 0.3) is 5.69 Å². The van der Waals surface area contributed by atoms with Crippen molar-refractivity contribution in [2.24, 2.45) is 11.3 Å². The summed E-state index contributed by atoms with van der Waals surface area (Å²) in [5.74, 6) is -5.42. The lowest BCUT2D eigenvalue weighted by molar-refractivity contribution is -0.385. The summed E-state index contributed by atoms with van der Waals surface area (Å²) in [5, 5.41) is 43.6. The largest absolute Gasteiger partial charge is 0.396 e. The van der Waals surface area contributed by atoms with Crippen molar-refractivity contribution in [2.75, 3.05) is 6.61 Å². The van der Waals surface area contributed by atoms with Gasteiger partial charge >= 0.3 is 0 Å². The number of carbonyl (C=O) groups is 2. The Morgan fingerprint density at radius 1 is 1.44 bits per heavy atom. The number of amides is 1. The molecule has 1 heterocycles. The van der Waals surface area contributed by atoms with E-state index >= 15 is 0 Å². The van der Waals surface area contributed by atoms with Gasteiger partial charge in [-0.2, -0.15) is 0 Å². The average molecular weight is 352 g/mol. The molecule has 3 atom stereocenters. The minimum Gasteiger partial charge on any atom is -0.396 e. The molecular formula is C16H20N2O7. The van der Waals surface area contributed by atoms with E-state index in [1.54, 1.807) is 6.92 Å². The highest BCUT2D eigenvalue weighted by Crippen LogP contribution is 2.44. The van der Waals surface area contributed by atoms with E-state index in [2.05, 4.69) is 5.32 Å². The highest BCUT2D eigenvalue weighted by Gasteiger charge is 2.67. The lowest BCUT2D eigenvalue weighted by Crippen LogP contribution is -2.78. The molecule has 1 fully saturated rings. The van der Waals surface area contributed by atoms with Crippen LogP contribution in [-0.2, 0) is 16.0 Å². The van der Waals surface area contributed by atoms with Crippen LogP contribution in [0.25, 0.3) is 0 Å². The third-order valence-electron chi connectivity index (χ3n) is 4.89. The molecule has 1 aromatic rings. The Balaban J connectivity index is 2.32. The van der Waals surface area contributed by atoms with Crippen LogP contribution in [0.15, 0.2) is 24.3 Å². The molecule has 0 radical (unpaired) electrons. The normalized spacial score (nSPS) is 24.2. The number of carbonyl (C=O) groups excluding carboxylic acids is 2. The van der Waals surface area contributed by atoms with E-state index in [4.69, 9.17) is 0 Å². The van der Waals surface area contributed by atoms with Crippen molar-refractivity contribution >= 4 is 17.4 Å². The van der Waals surface area contributed by atoms with E-state index in [9.17, 15) is 35.0 Å². The molecular weight excluding hydrogens is 332 g/mol. The van der Waals surface area contributed by atoms with Crippen LogP contribution in [0.2, 0.25) is 0 Å². The summed E-state index contributed by atoms with van der Waals surface area (Å²) in [4.78, 5) is 34.8. The predicted molar refractivity (Wildman–Crippen MR) is 85.3 cm³/mol. The maximum Gasteiger partial charge on any atom is 0.273 e. The van der Waals surface area contributed by atoms with Crippen LogP contribution in [0.5, 0.6) is 0 Å². The second-order valence-corrected chi connectivity index (χ2v) is 6.47. The standard InChI is InChI=1S/C16H20N2O7/c1-9(8-19)13-15(2,14(21)17-13)16(22,23)12(20)7-10-5-3-4-6-11(10)18(24)25/h3-6,9,13,19,22-23H,7-8H2,1-2H3,(H,17,21). The zero-order chi connectivity index (χ0) is 19.0. The number of benzene rings is 1. The van der Waals surface area contributed by atoms with Gasteiger partial charge < -0.3 is 20.6 Å². The Hall–Kier alpha value is -2.36. The van der Waals surface area contributed by atoms with Gasteiger partial charge in [-0.25, -0.2) is 0 Å². The highest BCUT2D eigenvalue weighted by molar-refractivity contribution is 6.00. The zero-order valence-electron chi connectivity index (χ0n) is 13.8. The molecule has 1 saturated heterocycles. The van der Waals surface area contributed by atoms with Crippen molar-refractivity contribution in [2.45, 2.75) is 32.1 Å². The fourth-order valence-corrected chi connectivity index (χ4v) is 3.12. The summed E-state index contributed by atoms with van der Waals surface area (Å²) >= 11 is 0. The van der Waals surface area contributed by atoms with Crippen molar-refractivity contribution in [3.8, 4) is 0 Å². The van der Waals surface area contributed by atoms with Gasteiger partial charge in [0.15, 0.2) is 5.78 Å². The summed E-state index contributed by atoms with van der Waals surface area (Å²) in [6.45, 7) is 2.49. The van der Waals surface area contributed by atoms with Gasteiger partial charge in [-0.3, -0.25) is 19.7 Å². The quantitative estimate of drug-likeness (QED) is 0.224. The Morgan fingerprint density at radius 3 is 2.56 bits per heavy atom. The van der Waals surface area contributed by atoms with Crippen LogP contribution in [0.3, 0.4) is 0 Å². The number of Topliss-reactive ketones (excluding diaryl/α,β-unsaturated/α-hetero) is 1. The van der Waals surface area contributed by atoms with Gasteiger partial charge in [-0.05, 0) is 6.92 Å². The van der Waals surface area contributed by atoms with Gasteiger partial charge in [-0.15, -0.1) is 0 Å². The van der Waals surface area contributed by atoms with Crippen molar-refractivity contribution in [1.29, 1.82) is 0 Å². The summed E-state index contributed by atoms with van der Waals surface area (Å²) in [6.07, 6.45) is -0.618. The first-order valence-corrected chi connectivity index (χ1v) is 7.69. The number of hydrogen-bond acceptors (Lipinski definition) is 7. The van der Waals surface area contributed by atoms with E-state index in [1.165, 1.54) is 31.2 Å². The minimum absolute atomic E-state index is 0.0139. The Bertz CT molecular complexity index is 718. The number of rotatable bonds is 7. The number of nitrogens with zero attached hydrogens (tertiary/aromatic N) is 1. The van der Waals surface area contributed by atoms with Crippen LogP contribution in [-0.4, -0.2) is 50.4 Å². The van der Waals surface area contributed by atoms with Gasteiger partial charge in [0.1, 0.15) is 5.41 Å². The molecule has 0 aliphatic carbocycles. The second-order valence-electron chi connectivity index (χ2n) is 6.47. The monoisotopic (exact) mass is 352 g/mol. The molecule has 2 rings (SSSR count). The first-order chi connectivity index (χ1) is 11.6. The second kappa shape index (κ2) is 6.51. The number of ketones is 1. The van der Waals surface area contributed by atoms with Crippen molar-refractivity contribution in [3.05, 3.63) is 39.9 Å². The molecule has 0 bridgehead atoms. The Kier molecular flexibility index (Phi) is 4.94. The maximum absolute atomic E-state index is 12.5. The number of nitro groups is 1. The molecule has 136 valence electrons. The van der Waals surface area contributed by atoms with E-state index in [0.29, 0.717) is 0 Å². The van der Waals surface area contributed by atoms with Crippen molar-refractivity contribution in [1.82, 2.24) is 5.32 Å². The van der Waals surface area contributed by atoms with Crippen LogP contribution in [0, 0.1) is 21.4 Å². The van der Waals surface area contributed by atoms with Crippen molar-refractivity contribution in [3.63, 3.8) is 0 Å². The highest BCUT2D eigenvalue weighted by atomic mass is 16.6. The van der Waals surface area contributed by atoms with Crippen LogP contribution in [0.1, 0.15) is 19.4 Å². The van der Waals surface area contributed by atoms with Gasteiger partial charge in [0.05, 0.1) is 11.0 Å². The molecule has 0 aromatic heterocycles. The van der Waals surface area contributed by atoms with Gasteiger partial charge in [-0.1, -0.05) is 25.1 Å². The predicted octanol–water partition coefficient (Wildman–Crippen LogP) is -0.480. The molecule has 3 unspecified atom stereocenters. The number of hydrogen-bond donors (Lipinski definition) is 4. The average Bonchev–Trinajstić information content (AvgIpc) is 2.58. The van der Waals surface area contributed by atoms with E-state index in [0.717, 1.165) is 0 Å². The van der Waals surface area contributed by atoms with E-state index in [-0.39, 0.29) is 17.9 Å². The molecule has 1 aromatic carbocycles. The SMILES string of the molecule is CC(CO)C1NC(=O)C1(C)C(O)(O)C(=O)Cc1ccccc1[N+](=O)[O-]. The first-order valence-electron chi connectivity index (χ1n) is 7.69. The number of β-lactam (4-membered cyclic amide) rings is 1. The number of aliphatic hydroxyl groups is 3. The van der Waals surface area contributed by atoms with Gasteiger partial charge in [0, 0.05) is 30.6 Å². The number of nitro benzene ring substituents is 1. The van der Waals surface area contributed by atoms with Crippen LogP contribution in [0.4, 0.5) is 5.69 Å². The molecule has 1 aliphatic rings. The summed E-state index contributed by atoms with van der Waals surface area (Å²) in [5.41, 5.74) is -2.18. The molecule has 1 amide bonds. The van der Waals surface area contributed by atoms with Crippen molar-refractivity contribution < 1.29 is 29.8 Å². The number of aliphatic hydroxyl groups excluding tert-OH is 1. The van der Waals surface area contributed by atoms with Gasteiger partial charge in [0.2, 0.25) is 11.7 Å². The lowest BCUT2D eigenvalue weighted by Gasteiger charge is -2.53. The number of para-hydroxylation sites is 1. The van der Waals surface area contributed by atoms with E-state index < -0.39 is 46.2 Å². The topological polar surface area (TPSA) is 150 Å². The molecule has 1 aliphatic heterocycles. The van der Waals surface area contributed by atoms with Crippen LogP contribution < -0.4 is 5.32 Å². The smallest absolute Gasteiger partial charge is 0.273 e. The fourth-order valence-electron chi connectivity index (χ4n) is 3.12. The molecule has 0 spiro atoms. The third-order valence-corrected chi connectivity index (χ3v) is 4.89. The Labute approximate surface area is 143 Å². The summed E-state index contributed by atoms with van der Waals surface area (Å²) < 4.78 is 0. The fraction of sp³-hybridized carbons (Fsp3) is 0.500. The molecule has 9 heteroatoms. The maximum atomic E-state index is 12.5. The molecule has 9 nitrogen and oxygen atoms in total. The minimum atomic E-state index is -3.03. The first kappa shape index (κ1) is 19.0.